The summed E-state index contributed by atoms with van der Waals surface area (Å²) in [5.41, 5.74) is -1.17. The zero-order valence-corrected chi connectivity index (χ0v) is 19.4. The fourth-order valence-electron chi connectivity index (χ4n) is 3.84. The highest BCUT2D eigenvalue weighted by Crippen LogP contribution is 2.38. The SMILES string of the molecule is CC1(C)C(=O)N(c2ccc(F)c(C(F)(F)F)c2)C(=O)N1Cc1ccccc1Nc1ccc(Cl)cc1. The third kappa shape index (κ3) is 4.68. The van der Waals surface area contributed by atoms with Gasteiger partial charge in [-0.15, -0.1) is 0 Å². The molecule has 1 heterocycles. The van der Waals surface area contributed by atoms with E-state index in [-0.39, 0.29) is 12.2 Å². The van der Waals surface area contributed by atoms with Gasteiger partial charge in [-0.25, -0.2) is 14.1 Å². The topological polar surface area (TPSA) is 52.7 Å². The fraction of sp³-hybridized carbons (Fsp3) is 0.200. The van der Waals surface area contributed by atoms with Crippen molar-refractivity contribution in [3.05, 3.63) is 88.7 Å². The van der Waals surface area contributed by atoms with E-state index < -0.39 is 35.0 Å². The minimum atomic E-state index is -4.98. The third-order valence-electron chi connectivity index (χ3n) is 5.81. The molecule has 1 saturated heterocycles. The number of nitrogens with zero attached hydrogens (tertiary/aromatic N) is 2. The van der Waals surface area contributed by atoms with Crippen molar-refractivity contribution in [3.63, 3.8) is 0 Å². The number of benzene rings is 3. The fourth-order valence-corrected chi connectivity index (χ4v) is 3.96. The molecular formula is C25H20ClF4N3O2. The lowest BCUT2D eigenvalue weighted by atomic mass is 10.0. The minimum absolute atomic E-state index is 0.00183. The van der Waals surface area contributed by atoms with Crippen LogP contribution in [0.4, 0.5) is 39.4 Å². The summed E-state index contributed by atoms with van der Waals surface area (Å²) in [5, 5.41) is 3.81. The Labute approximate surface area is 203 Å². The third-order valence-corrected chi connectivity index (χ3v) is 6.06. The summed E-state index contributed by atoms with van der Waals surface area (Å²) in [6.45, 7) is 3.02. The first-order chi connectivity index (χ1) is 16.4. The van der Waals surface area contributed by atoms with Crippen molar-refractivity contribution in [1.82, 2.24) is 4.90 Å². The molecule has 10 heteroatoms. The number of rotatable bonds is 5. The molecule has 0 spiro atoms. The maximum atomic E-state index is 13.8. The van der Waals surface area contributed by atoms with Gasteiger partial charge in [0, 0.05) is 16.4 Å². The zero-order valence-electron chi connectivity index (χ0n) is 18.7. The predicted molar refractivity (Wildman–Crippen MR) is 125 cm³/mol. The Hall–Kier alpha value is -3.59. The molecule has 5 nitrogen and oxygen atoms in total. The van der Waals surface area contributed by atoms with Gasteiger partial charge in [-0.05, 0) is 67.9 Å². The molecule has 1 aliphatic heterocycles. The second-order valence-electron chi connectivity index (χ2n) is 8.52. The number of para-hydroxylation sites is 1. The first-order valence-electron chi connectivity index (χ1n) is 10.5. The summed E-state index contributed by atoms with van der Waals surface area (Å²) in [6, 6.07) is 15.4. The second kappa shape index (κ2) is 8.88. The van der Waals surface area contributed by atoms with Gasteiger partial charge in [0.1, 0.15) is 11.4 Å². The first kappa shape index (κ1) is 24.5. The molecule has 1 aliphatic rings. The first-order valence-corrected chi connectivity index (χ1v) is 10.9. The molecule has 35 heavy (non-hydrogen) atoms. The number of alkyl halides is 3. The van der Waals surface area contributed by atoms with Crippen molar-refractivity contribution < 1.29 is 27.2 Å². The molecule has 1 N–H and O–H groups in total. The van der Waals surface area contributed by atoms with E-state index in [1.165, 1.54) is 18.7 Å². The smallest absolute Gasteiger partial charge is 0.355 e. The van der Waals surface area contributed by atoms with E-state index in [0.29, 0.717) is 33.3 Å². The number of amides is 3. The van der Waals surface area contributed by atoms with Crippen LogP contribution in [0.5, 0.6) is 0 Å². The van der Waals surface area contributed by atoms with Gasteiger partial charge < -0.3 is 10.2 Å². The second-order valence-corrected chi connectivity index (χ2v) is 8.96. The van der Waals surface area contributed by atoms with E-state index in [9.17, 15) is 27.2 Å². The Kier molecular flexibility index (Phi) is 6.23. The van der Waals surface area contributed by atoms with Crippen LogP contribution in [0.3, 0.4) is 0 Å². The molecule has 0 unspecified atom stereocenters. The molecular weight excluding hydrogens is 486 g/mol. The number of hydrogen-bond acceptors (Lipinski definition) is 3. The van der Waals surface area contributed by atoms with Crippen molar-refractivity contribution >= 4 is 40.6 Å². The number of imide groups is 1. The lowest BCUT2D eigenvalue weighted by Gasteiger charge is -2.28. The molecule has 0 aromatic heterocycles. The molecule has 3 aromatic carbocycles. The number of urea groups is 1. The van der Waals surface area contributed by atoms with Crippen molar-refractivity contribution in [2.45, 2.75) is 32.1 Å². The van der Waals surface area contributed by atoms with Crippen LogP contribution in [-0.4, -0.2) is 22.4 Å². The Bertz CT molecular complexity index is 1290. The summed E-state index contributed by atoms with van der Waals surface area (Å²) in [4.78, 5) is 28.4. The Morgan fingerprint density at radius 1 is 0.971 bits per heavy atom. The molecule has 0 atom stereocenters. The molecule has 0 saturated carbocycles. The summed E-state index contributed by atoms with van der Waals surface area (Å²) in [5.74, 6) is -2.20. The number of halogens is 5. The highest BCUT2D eigenvalue weighted by Gasteiger charge is 2.52. The van der Waals surface area contributed by atoms with E-state index in [2.05, 4.69) is 5.32 Å². The van der Waals surface area contributed by atoms with E-state index in [1.807, 2.05) is 0 Å². The van der Waals surface area contributed by atoms with Gasteiger partial charge in [0.15, 0.2) is 0 Å². The lowest BCUT2D eigenvalue weighted by molar-refractivity contribution is -0.140. The van der Waals surface area contributed by atoms with Crippen molar-refractivity contribution in [1.29, 1.82) is 0 Å². The van der Waals surface area contributed by atoms with Crippen LogP contribution >= 0.6 is 11.6 Å². The average molecular weight is 506 g/mol. The van der Waals surface area contributed by atoms with Gasteiger partial charge >= 0.3 is 12.2 Å². The Morgan fingerprint density at radius 3 is 2.29 bits per heavy atom. The molecule has 0 bridgehead atoms. The van der Waals surface area contributed by atoms with E-state index in [4.69, 9.17) is 11.6 Å². The van der Waals surface area contributed by atoms with Gasteiger partial charge in [-0.3, -0.25) is 4.79 Å². The van der Waals surface area contributed by atoms with Crippen LogP contribution in [-0.2, 0) is 17.5 Å². The lowest BCUT2D eigenvalue weighted by Crippen LogP contribution is -2.43. The van der Waals surface area contributed by atoms with Crippen LogP contribution in [0.15, 0.2) is 66.7 Å². The molecule has 182 valence electrons. The van der Waals surface area contributed by atoms with Gasteiger partial charge in [-0.2, -0.15) is 13.2 Å². The van der Waals surface area contributed by atoms with Crippen LogP contribution in [0, 0.1) is 5.82 Å². The highest BCUT2D eigenvalue weighted by molar-refractivity contribution is 6.30. The van der Waals surface area contributed by atoms with E-state index in [0.717, 1.165) is 11.8 Å². The summed E-state index contributed by atoms with van der Waals surface area (Å²) < 4.78 is 53.4. The van der Waals surface area contributed by atoms with Crippen LogP contribution in [0.2, 0.25) is 5.02 Å². The molecule has 3 amide bonds. The maximum absolute atomic E-state index is 13.8. The normalized spacial score (nSPS) is 15.6. The molecule has 0 radical (unpaired) electrons. The maximum Gasteiger partial charge on any atom is 0.419 e. The monoisotopic (exact) mass is 505 g/mol. The molecule has 0 aliphatic carbocycles. The van der Waals surface area contributed by atoms with Crippen LogP contribution in [0.1, 0.15) is 25.0 Å². The molecule has 3 aromatic rings. The van der Waals surface area contributed by atoms with Gasteiger partial charge in [0.25, 0.3) is 5.91 Å². The number of nitrogens with one attached hydrogen (secondary N) is 1. The van der Waals surface area contributed by atoms with Crippen LogP contribution in [0.25, 0.3) is 0 Å². The Balaban J connectivity index is 1.66. The van der Waals surface area contributed by atoms with E-state index >= 15 is 0 Å². The molecule has 1 fully saturated rings. The highest BCUT2D eigenvalue weighted by atomic mass is 35.5. The Morgan fingerprint density at radius 2 is 1.63 bits per heavy atom. The minimum Gasteiger partial charge on any atom is -0.355 e. The van der Waals surface area contributed by atoms with Gasteiger partial charge in [-0.1, -0.05) is 29.8 Å². The van der Waals surface area contributed by atoms with Gasteiger partial charge in [0.2, 0.25) is 0 Å². The summed E-state index contributed by atoms with van der Waals surface area (Å²) >= 11 is 5.94. The van der Waals surface area contributed by atoms with Crippen molar-refractivity contribution in [2.75, 3.05) is 10.2 Å². The predicted octanol–water partition coefficient (Wildman–Crippen LogP) is 6.99. The van der Waals surface area contributed by atoms with Crippen LogP contribution < -0.4 is 10.2 Å². The number of carbonyl (C=O) groups is 2. The number of anilines is 3. The average Bonchev–Trinajstić information content (AvgIpc) is 2.95. The summed E-state index contributed by atoms with van der Waals surface area (Å²) in [6.07, 6.45) is -4.98. The van der Waals surface area contributed by atoms with Crippen molar-refractivity contribution in [3.8, 4) is 0 Å². The van der Waals surface area contributed by atoms with Gasteiger partial charge in [0.05, 0.1) is 17.8 Å². The largest absolute Gasteiger partial charge is 0.419 e. The molecule has 4 rings (SSSR count). The zero-order chi connectivity index (χ0) is 25.5. The number of hydrogen-bond donors (Lipinski definition) is 1. The quantitative estimate of drug-likeness (QED) is 0.300. The standard InChI is InChI=1S/C25H20ClF4N3O2/c1-24(2)22(34)33(18-11-12-20(27)19(13-18)25(28,29)30)23(35)32(24)14-15-5-3-4-6-21(15)31-17-9-7-16(26)8-10-17/h3-13,31H,14H2,1-2H3. The van der Waals surface area contributed by atoms with E-state index in [1.54, 1.807) is 48.5 Å². The summed E-state index contributed by atoms with van der Waals surface area (Å²) in [7, 11) is 0. The number of carbonyl (C=O) groups excluding carboxylic acids is 2. The van der Waals surface area contributed by atoms with Crippen molar-refractivity contribution in [2.24, 2.45) is 0 Å².